The first-order valence-corrected chi connectivity index (χ1v) is 9.23. The third-order valence-corrected chi connectivity index (χ3v) is 4.86. The topological polar surface area (TPSA) is 91.0 Å². The predicted octanol–water partition coefficient (Wildman–Crippen LogP) is 2.08. The molecule has 136 valence electrons. The zero-order chi connectivity index (χ0) is 17.8. The molecule has 1 saturated heterocycles. The van der Waals surface area contributed by atoms with E-state index in [0.29, 0.717) is 23.5 Å². The quantitative estimate of drug-likeness (QED) is 0.595. The van der Waals surface area contributed by atoms with Gasteiger partial charge in [-0.25, -0.2) is 15.4 Å². The fourth-order valence-electron chi connectivity index (χ4n) is 3.10. The maximum Gasteiger partial charge on any atom is 0.268 e. The second-order valence-corrected chi connectivity index (χ2v) is 6.94. The summed E-state index contributed by atoms with van der Waals surface area (Å²) in [7, 11) is 0. The monoisotopic (exact) mass is 352 g/mol. The summed E-state index contributed by atoms with van der Waals surface area (Å²) >= 11 is 0. The van der Waals surface area contributed by atoms with Crippen molar-refractivity contribution >= 4 is 17.5 Å². The minimum absolute atomic E-state index is 0.213. The van der Waals surface area contributed by atoms with E-state index < -0.39 is 0 Å². The van der Waals surface area contributed by atoms with E-state index in [1.165, 1.54) is 30.8 Å². The molecule has 2 aliphatic rings. The van der Waals surface area contributed by atoms with Crippen LogP contribution in [-0.2, 0) is 0 Å². The highest BCUT2D eigenvalue weighted by Crippen LogP contribution is 2.26. The molecule has 1 aliphatic carbocycles. The largest absolute Gasteiger partial charge is 0.324 e. The SMILES string of the molecule is O=C(NNC1CC1)c1cnc(Nc2ccc(C3CCNCC3)cc2)nc1. The van der Waals surface area contributed by atoms with Gasteiger partial charge in [-0.15, -0.1) is 0 Å². The number of benzene rings is 1. The lowest BCUT2D eigenvalue weighted by molar-refractivity contribution is 0.0931. The van der Waals surface area contributed by atoms with Gasteiger partial charge in [0.1, 0.15) is 0 Å². The predicted molar refractivity (Wildman–Crippen MR) is 100 cm³/mol. The van der Waals surface area contributed by atoms with E-state index in [0.717, 1.165) is 31.6 Å². The van der Waals surface area contributed by atoms with Gasteiger partial charge in [0.2, 0.25) is 5.95 Å². The van der Waals surface area contributed by atoms with Crippen LogP contribution in [0.3, 0.4) is 0 Å². The number of piperidine rings is 1. The van der Waals surface area contributed by atoms with Crippen molar-refractivity contribution in [3.8, 4) is 0 Å². The highest BCUT2D eigenvalue weighted by molar-refractivity contribution is 5.93. The van der Waals surface area contributed by atoms with Crippen molar-refractivity contribution < 1.29 is 4.79 Å². The Morgan fingerprint density at radius 1 is 1.00 bits per heavy atom. The third kappa shape index (κ3) is 4.36. The van der Waals surface area contributed by atoms with Crippen LogP contribution in [0.2, 0.25) is 0 Å². The number of carbonyl (C=O) groups excluding carboxylic acids is 1. The van der Waals surface area contributed by atoms with Gasteiger partial charge in [-0.3, -0.25) is 10.2 Å². The lowest BCUT2D eigenvalue weighted by atomic mass is 9.90. The highest BCUT2D eigenvalue weighted by Gasteiger charge is 2.21. The standard InChI is InChI=1S/C19H24N6O/c26-18(25-24-17-5-6-17)15-11-21-19(22-12-15)23-16-3-1-13(2-4-16)14-7-9-20-10-8-14/h1-4,11-12,14,17,20,24H,5-10H2,(H,25,26)(H,21,22,23). The Morgan fingerprint density at radius 2 is 1.69 bits per heavy atom. The minimum Gasteiger partial charge on any atom is -0.324 e. The van der Waals surface area contributed by atoms with Gasteiger partial charge in [-0.1, -0.05) is 12.1 Å². The van der Waals surface area contributed by atoms with Crippen molar-refractivity contribution in [2.75, 3.05) is 18.4 Å². The highest BCUT2D eigenvalue weighted by atomic mass is 16.2. The van der Waals surface area contributed by atoms with Gasteiger partial charge in [-0.05, 0) is 62.4 Å². The molecule has 2 aromatic rings. The van der Waals surface area contributed by atoms with E-state index in [2.05, 4.69) is 55.7 Å². The Labute approximate surface area is 153 Å². The van der Waals surface area contributed by atoms with Crippen molar-refractivity contribution in [3.63, 3.8) is 0 Å². The number of rotatable bonds is 6. The molecule has 7 heteroatoms. The van der Waals surface area contributed by atoms with Crippen LogP contribution in [0.25, 0.3) is 0 Å². The molecule has 2 heterocycles. The van der Waals surface area contributed by atoms with E-state index in [1.807, 2.05) is 0 Å². The molecule has 4 rings (SSSR count). The van der Waals surface area contributed by atoms with Crippen LogP contribution in [0.15, 0.2) is 36.7 Å². The maximum atomic E-state index is 12.0. The Bertz CT molecular complexity index is 736. The van der Waals surface area contributed by atoms with E-state index in [-0.39, 0.29) is 5.91 Å². The first-order valence-electron chi connectivity index (χ1n) is 9.23. The molecule has 1 aromatic heterocycles. The third-order valence-electron chi connectivity index (χ3n) is 4.86. The molecule has 4 N–H and O–H groups in total. The molecule has 7 nitrogen and oxygen atoms in total. The van der Waals surface area contributed by atoms with Gasteiger partial charge in [-0.2, -0.15) is 0 Å². The average Bonchev–Trinajstić information content (AvgIpc) is 3.52. The van der Waals surface area contributed by atoms with Crippen LogP contribution in [0.1, 0.15) is 47.5 Å². The zero-order valence-electron chi connectivity index (χ0n) is 14.7. The summed E-state index contributed by atoms with van der Waals surface area (Å²) < 4.78 is 0. The molecule has 0 radical (unpaired) electrons. The fourth-order valence-corrected chi connectivity index (χ4v) is 3.10. The molecule has 0 atom stereocenters. The first-order chi connectivity index (χ1) is 12.8. The van der Waals surface area contributed by atoms with Gasteiger partial charge in [0, 0.05) is 24.1 Å². The Kier molecular flexibility index (Phi) is 5.08. The number of aromatic nitrogens is 2. The van der Waals surface area contributed by atoms with Crippen molar-refractivity contribution in [1.29, 1.82) is 0 Å². The minimum atomic E-state index is -0.213. The van der Waals surface area contributed by atoms with E-state index in [4.69, 9.17) is 0 Å². The molecule has 1 aromatic carbocycles. The summed E-state index contributed by atoms with van der Waals surface area (Å²) in [6, 6.07) is 8.86. The molecule has 0 spiro atoms. The Balaban J connectivity index is 1.33. The van der Waals surface area contributed by atoms with Crippen molar-refractivity contribution in [2.24, 2.45) is 0 Å². The molecule has 1 amide bonds. The van der Waals surface area contributed by atoms with Gasteiger partial charge in [0.15, 0.2) is 0 Å². The molecular formula is C19H24N6O. The summed E-state index contributed by atoms with van der Waals surface area (Å²) in [5.41, 5.74) is 8.40. The second-order valence-electron chi connectivity index (χ2n) is 6.94. The van der Waals surface area contributed by atoms with Crippen LogP contribution in [0.4, 0.5) is 11.6 Å². The van der Waals surface area contributed by atoms with Crippen LogP contribution >= 0.6 is 0 Å². The van der Waals surface area contributed by atoms with E-state index >= 15 is 0 Å². The molecule has 1 saturated carbocycles. The summed E-state index contributed by atoms with van der Waals surface area (Å²) in [6.07, 6.45) is 7.65. The van der Waals surface area contributed by atoms with Crippen LogP contribution in [0.5, 0.6) is 0 Å². The lowest BCUT2D eigenvalue weighted by Gasteiger charge is -2.23. The van der Waals surface area contributed by atoms with Crippen molar-refractivity contribution in [1.82, 2.24) is 26.1 Å². The molecule has 1 aliphatic heterocycles. The van der Waals surface area contributed by atoms with E-state index in [9.17, 15) is 4.79 Å². The van der Waals surface area contributed by atoms with Crippen LogP contribution in [-0.4, -0.2) is 35.0 Å². The average molecular weight is 352 g/mol. The summed E-state index contributed by atoms with van der Waals surface area (Å²) in [5.74, 6) is 0.907. The number of hydrazine groups is 1. The summed E-state index contributed by atoms with van der Waals surface area (Å²) in [5, 5.41) is 6.57. The number of carbonyl (C=O) groups is 1. The number of anilines is 2. The second kappa shape index (κ2) is 7.80. The van der Waals surface area contributed by atoms with Gasteiger partial charge in [0.05, 0.1) is 5.56 Å². The number of hydrogen-bond acceptors (Lipinski definition) is 6. The molecule has 2 fully saturated rings. The van der Waals surface area contributed by atoms with E-state index in [1.54, 1.807) is 0 Å². The summed E-state index contributed by atoms with van der Waals surface area (Å²) in [6.45, 7) is 2.18. The van der Waals surface area contributed by atoms with Gasteiger partial charge in [0.25, 0.3) is 5.91 Å². The maximum absolute atomic E-state index is 12.0. The molecular weight excluding hydrogens is 328 g/mol. The van der Waals surface area contributed by atoms with Gasteiger partial charge < -0.3 is 10.6 Å². The smallest absolute Gasteiger partial charge is 0.268 e. The molecule has 0 bridgehead atoms. The van der Waals surface area contributed by atoms with Gasteiger partial charge >= 0.3 is 0 Å². The molecule has 0 unspecified atom stereocenters. The lowest BCUT2D eigenvalue weighted by Crippen LogP contribution is -2.38. The number of nitrogens with zero attached hydrogens (tertiary/aromatic N) is 2. The zero-order valence-corrected chi connectivity index (χ0v) is 14.7. The van der Waals surface area contributed by atoms with Crippen LogP contribution in [0, 0.1) is 0 Å². The van der Waals surface area contributed by atoms with Crippen LogP contribution < -0.4 is 21.5 Å². The summed E-state index contributed by atoms with van der Waals surface area (Å²) in [4.78, 5) is 20.4. The first kappa shape index (κ1) is 16.9. The number of hydrogen-bond donors (Lipinski definition) is 4. The Hall–Kier alpha value is -2.51. The number of nitrogens with one attached hydrogen (secondary N) is 4. The van der Waals surface area contributed by atoms with Crippen molar-refractivity contribution in [3.05, 3.63) is 47.8 Å². The van der Waals surface area contributed by atoms with Crippen molar-refractivity contribution in [2.45, 2.75) is 37.6 Å². The number of amides is 1. The normalized spacial score (nSPS) is 17.7. The molecule has 26 heavy (non-hydrogen) atoms. The Morgan fingerprint density at radius 3 is 2.35 bits per heavy atom. The fraction of sp³-hybridized carbons (Fsp3) is 0.421.